The van der Waals surface area contributed by atoms with E-state index >= 15 is 0 Å². The molecule has 1 unspecified atom stereocenters. The molecule has 1 aromatic heterocycles. The third-order valence-corrected chi connectivity index (χ3v) is 3.90. The minimum atomic E-state index is 0.126. The minimum Gasteiger partial charge on any atom is -0.489 e. The summed E-state index contributed by atoms with van der Waals surface area (Å²) < 4.78 is 7.93. The van der Waals surface area contributed by atoms with Crippen molar-refractivity contribution in [1.29, 1.82) is 0 Å². The summed E-state index contributed by atoms with van der Waals surface area (Å²) in [7, 11) is 0. The maximum atomic E-state index is 6.12. The first-order chi connectivity index (χ1) is 9.54. The topological polar surface area (TPSA) is 53.1 Å². The molecule has 0 bridgehead atoms. The maximum Gasteiger partial charge on any atom is 0.201 e. The van der Waals surface area contributed by atoms with Crippen LogP contribution in [-0.2, 0) is 0 Å². The highest BCUT2D eigenvalue weighted by molar-refractivity contribution is 7.98. The first kappa shape index (κ1) is 15.0. The number of para-hydroxylation sites is 1. The molecule has 20 heavy (non-hydrogen) atoms. The van der Waals surface area contributed by atoms with Crippen LogP contribution < -0.4 is 10.5 Å². The lowest BCUT2D eigenvalue weighted by atomic mass is 10.2. The highest BCUT2D eigenvalue weighted by atomic mass is 32.2. The van der Waals surface area contributed by atoms with Crippen LogP contribution in [0.25, 0.3) is 11.0 Å². The molecule has 0 amide bonds. The first-order valence-corrected chi connectivity index (χ1v) is 8.36. The Morgan fingerprint density at radius 3 is 2.75 bits per heavy atom. The molecule has 0 saturated carbocycles. The van der Waals surface area contributed by atoms with Crippen molar-refractivity contribution in [2.24, 2.45) is 0 Å². The summed E-state index contributed by atoms with van der Waals surface area (Å²) in [6.45, 7) is 6.21. The van der Waals surface area contributed by atoms with Crippen LogP contribution >= 0.6 is 11.8 Å². The predicted octanol–water partition coefficient (Wildman–Crippen LogP) is 3.72. The molecule has 5 heteroatoms. The van der Waals surface area contributed by atoms with Crippen LogP contribution in [0.3, 0.4) is 0 Å². The van der Waals surface area contributed by atoms with Crippen molar-refractivity contribution in [3.8, 4) is 5.75 Å². The average molecular weight is 293 g/mol. The van der Waals surface area contributed by atoms with Crippen molar-refractivity contribution < 1.29 is 4.74 Å². The molecular formula is C15H23N3OS. The molecule has 2 N–H and O–H groups in total. The molecule has 0 fully saturated rings. The molecule has 0 spiro atoms. The second kappa shape index (κ2) is 6.39. The van der Waals surface area contributed by atoms with Crippen LogP contribution in [0.4, 0.5) is 5.95 Å². The van der Waals surface area contributed by atoms with Gasteiger partial charge >= 0.3 is 0 Å². The Bertz CT molecular complexity index is 580. The molecule has 0 aliphatic heterocycles. The van der Waals surface area contributed by atoms with Gasteiger partial charge in [-0.25, -0.2) is 4.98 Å². The van der Waals surface area contributed by atoms with Gasteiger partial charge in [-0.2, -0.15) is 11.8 Å². The van der Waals surface area contributed by atoms with Crippen LogP contribution in [0.5, 0.6) is 5.75 Å². The van der Waals surface area contributed by atoms with E-state index in [2.05, 4.69) is 28.8 Å². The summed E-state index contributed by atoms with van der Waals surface area (Å²) in [5.41, 5.74) is 8.02. The van der Waals surface area contributed by atoms with E-state index < -0.39 is 0 Å². The number of fused-ring (bicyclic) bond motifs is 1. The molecule has 0 saturated heterocycles. The molecule has 110 valence electrons. The lowest BCUT2D eigenvalue weighted by Gasteiger charge is -2.15. The number of nitrogens with zero attached hydrogens (tertiary/aromatic N) is 2. The van der Waals surface area contributed by atoms with Gasteiger partial charge in [-0.15, -0.1) is 0 Å². The minimum absolute atomic E-state index is 0.126. The smallest absolute Gasteiger partial charge is 0.201 e. The summed E-state index contributed by atoms with van der Waals surface area (Å²) >= 11 is 1.85. The molecule has 4 nitrogen and oxygen atoms in total. The predicted molar refractivity (Wildman–Crippen MR) is 87.6 cm³/mol. The van der Waals surface area contributed by atoms with Gasteiger partial charge in [-0.3, -0.25) is 0 Å². The van der Waals surface area contributed by atoms with E-state index in [9.17, 15) is 0 Å². The van der Waals surface area contributed by atoms with E-state index in [-0.39, 0.29) is 6.10 Å². The lowest BCUT2D eigenvalue weighted by Crippen LogP contribution is -2.09. The van der Waals surface area contributed by atoms with Gasteiger partial charge in [-0.1, -0.05) is 6.07 Å². The maximum absolute atomic E-state index is 6.12. The number of anilines is 1. The number of aromatic nitrogens is 2. The number of ether oxygens (including phenoxy) is 1. The Kier molecular flexibility index (Phi) is 4.81. The van der Waals surface area contributed by atoms with Gasteiger partial charge in [0, 0.05) is 6.04 Å². The SMILES string of the molecule is CSCCC(C)n1c(N)nc2c(OC(C)C)cccc21. The van der Waals surface area contributed by atoms with E-state index in [1.807, 2.05) is 37.7 Å². The highest BCUT2D eigenvalue weighted by Gasteiger charge is 2.16. The zero-order valence-corrected chi connectivity index (χ0v) is 13.4. The van der Waals surface area contributed by atoms with Gasteiger partial charge in [0.05, 0.1) is 11.6 Å². The van der Waals surface area contributed by atoms with Crippen molar-refractivity contribution in [1.82, 2.24) is 9.55 Å². The summed E-state index contributed by atoms with van der Waals surface area (Å²) in [6, 6.07) is 6.34. The fraction of sp³-hybridized carbons (Fsp3) is 0.533. The quantitative estimate of drug-likeness (QED) is 0.882. The number of hydrogen-bond donors (Lipinski definition) is 1. The van der Waals surface area contributed by atoms with Crippen molar-refractivity contribution >= 4 is 28.7 Å². The number of rotatable bonds is 6. The highest BCUT2D eigenvalue weighted by Crippen LogP contribution is 2.31. The van der Waals surface area contributed by atoms with Gasteiger partial charge in [-0.05, 0) is 51.3 Å². The Labute approximate surface area is 124 Å². The van der Waals surface area contributed by atoms with Crippen molar-refractivity contribution in [3.05, 3.63) is 18.2 Å². The largest absolute Gasteiger partial charge is 0.489 e. The lowest BCUT2D eigenvalue weighted by molar-refractivity contribution is 0.245. The molecule has 0 aliphatic rings. The zero-order chi connectivity index (χ0) is 14.7. The van der Waals surface area contributed by atoms with E-state index in [1.165, 1.54) is 0 Å². The van der Waals surface area contributed by atoms with Crippen molar-refractivity contribution in [2.45, 2.75) is 39.3 Å². The molecule has 2 aromatic rings. The number of benzene rings is 1. The third kappa shape index (κ3) is 3.03. The van der Waals surface area contributed by atoms with Crippen LogP contribution in [0.2, 0.25) is 0 Å². The number of hydrogen-bond acceptors (Lipinski definition) is 4. The average Bonchev–Trinajstić information content (AvgIpc) is 2.73. The van der Waals surface area contributed by atoms with Gasteiger partial charge in [0.1, 0.15) is 11.3 Å². The van der Waals surface area contributed by atoms with Crippen LogP contribution in [0.1, 0.15) is 33.2 Å². The second-order valence-corrected chi connectivity index (χ2v) is 6.25. The van der Waals surface area contributed by atoms with E-state index in [1.54, 1.807) is 0 Å². The normalized spacial score (nSPS) is 13.1. The van der Waals surface area contributed by atoms with Crippen LogP contribution in [0.15, 0.2) is 18.2 Å². The van der Waals surface area contributed by atoms with Gasteiger partial charge in [0.25, 0.3) is 0 Å². The van der Waals surface area contributed by atoms with Gasteiger partial charge < -0.3 is 15.0 Å². The summed E-state index contributed by atoms with van der Waals surface area (Å²) in [5, 5.41) is 0. The summed E-state index contributed by atoms with van der Waals surface area (Å²) in [5.74, 6) is 2.48. The second-order valence-electron chi connectivity index (χ2n) is 5.26. The summed E-state index contributed by atoms with van der Waals surface area (Å²) in [6.07, 6.45) is 3.32. The Hall–Kier alpha value is -1.36. The first-order valence-electron chi connectivity index (χ1n) is 6.96. The number of nitrogen functional groups attached to an aromatic ring is 1. The van der Waals surface area contributed by atoms with E-state index in [0.717, 1.165) is 29.0 Å². The van der Waals surface area contributed by atoms with Crippen LogP contribution in [-0.4, -0.2) is 27.7 Å². The monoisotopic (exact) mass is 293 g/mol. The van der Waals surface area contributed by atoms with E-state index in [0.29, 0.717) is 12.0 Å². The molecule has 1 atom stereocenters. The number of thioether (sulfide) groups is 1. The molecule has 0 aliphatic carbocycles. The van der Waals surface area contributed by atoms with Crippen molar-refractivity contribution in [3.63, 3.8) is 0 Å². The summed E-state index contributed by atoms with van der Waals surface area (Å²) in [4.78, 5) is 4.50. The Morgan fingerprint density at radius 1 is 1.35 bits per heavy atom. The molecular weight excluding hydrogens is 270 g/mol. The van der Waals surface area contributed by atoms with Crippen molar-refractivity contribution in [2.75, 3.05) is 17.7 Å². The molecule has 1 heterocycles. The van der Waals surface area contributed by atoms with E-state index in [4.69, 9.17) is 10.5 Å². The van der Waals surface area contributed by atoms with Gasteiger partial charge in [0.15, 0.2) is 0 Å². The third-order valence-electron chi connectivity index (χ3n) is 3.25. The molecule has 1 aromatic carbocycles. The zero-order valence-electron chi connectivity index (χ0n) is 12.6. The van der Waals surface area contributed by atoms with Gasteiger partial charge in [0.2, 0.25) is 5.95 Å². The molecule has 2 rings (SSSR count). The van der Waals surface area contributed by atoms with Crippen LogP contribution in [0, 0.1) is 0 Å². The number of imidazole rings is 1. The molecule has 0 radical (unpaired) electrons. The Morgan fingerprint density at radius 2 is 2.10 bits per heavy atom. The Balaban J connectivity index is 2.43. The standard InChI is InChI=1S/C15H23N3OS/c1-10(2)19-13-7-5-6-12-14(13)17-15(16)18(12)11(3)8-9-20-4/h5-7,10-11H,8-9H2,1-4H3,(H2,16,17). The fourth-order valence-corrected chi connectivity index (χ4v) is 2.92. The number of nitrogens with two attached hydrogens (primary N) is 1. The fourth-order valence-electron chi connectivity index (χ4n) is 2.34.